The zero-order valence-electron chi connectivity index (χ0n) is 14.8. The van der Waals surface area contributed by atoms with Crippen molar-refractivity contribution in [1.29, 1.82) is 0 Å². The van der Waals surface area contributed by atoms with Crippen LogP contribution >= 0.6 is 11.8 Å². The molecule has 128 valence electrons. The van der Waals surface area contributed by atoms with Crippen molar-refractivity contribution in [2.24, 2.45) is 16.7 Å². The molecule has 0 bridgehead atoms. The van der Waals surface area contributed by atoms with Crippen LogP contribution in [0.25, 0.3) is 0 Å². The Kier molecular flexibility index (Phi) is 5.43. The highest BCUT2D eigenvalue weighted by Gasteiger charge is 2.36. The van der Waals surface area contributed by atoms with Crippen LogP contribution < -0.4 is 0 Å². The van der Waals surface area contributed by atoms with Crippen molar-refractivity contribution in [3.05, 3.63) is 11.6 Å². The molecule has 1 fully saturated rings. The minimum Gasteiger partial charge on any atom is -0.229 e. The van der Waals surface area contributed by atoms with E-state index in [1.54, 1.807) is 5.57 Å². The molecule has 0 aromatic heterocycles. The fourth-order valence-corrected chi connectivity index (χ4v) is 6.72. The first-order chi connectivity index (χ1) is 10.00. The van der Waals surface area contributed by atoms with Gasteiger partial charge in [0.05, 0.1) is 11.5 Å². The molecule has 2 rings (SSSR count). The summed E-state index contributed by atoms with van der Waals surface area (Å²) in [6.45, 7) is 11.6. The minimum atomic E-state index is -2.75. The van der Waals surface area contributed by atoms with Crippen molar-refractivity contribution in [3.63, 3.8) is 0 Å². The Morgan fingerprint density at radius 3 is 2.27 bits per heavy atom. The van der Waals surface area contributed by atoms with Crippen LogP contribution in [-0.4, -0.2) is 30.9 Å². The van der Waals surface area contributed by atoms with E-state index < -0.39 is 9.84 Å². The average Bonchev–Trinajstić information content (AvgIpc) is 2.37. The Bertz CT molecular complexity index is 510. The number of thioether (sulfide) groups is 1. The van der Waals surface area contributed by atoms with Crippen LogP contribution in [0.5, 0.6) is 0 Å². The second-order valence-corrected chi connectivity index (χ2v) is 12.4. The topological polar surface area (TPSA) is 34.1 Å². The second kappa shape index (κ2) is 6.51. The summed E-state index contributed by atoms with van der Waals surface area (Å²) in [7, 11) is -2.75. The molecule has 0 aliphatic carbocycles. The molecule has 1 unspecified atom stereocenters. The molecule has 1 saturated heterocycles. The fourth-order valence-electron chi connectivity index (χ4n) is 3.78. The van der Waals surface area contributed by atoms with E-state index in [0.717, 1.165) is 12.8 Å². The molecule has 0 spiro atoms. The first-order valence-electron chi connectivity index (χ1n) is 8.53. The van der Waals surface area contributed by atoms with Crippen molar-refractivity contribution in [2.75, 3.05) is 17.3 Å². The molecular weight excluding hydrogens is 312 g/mol. The summed E-state index contributed by atoms with van der Waals surface area (Å²) in [6, 6.07) is 0. The maximum Gasteiger partial charge on any atom is 0.150 e. The van der Waals surface area contributed by atoms with Crippen LogP contribution in [0.2, 0.25) is 0 Å². The molecule has 2 heterocycles. The summed E-state index contributed by atoms with van der Waals surface area (Å²) in [6.07, 6.45) is 6.59. The van der Waals surface area contributed by atoms with E-state index in [0.29, 0.717) is 22.7 Å². The van der Waals surface area contributed by atoms with Crippen molar-refractivity contribution < 1.29 is 8.42 Å². The van der Waals surface area contributed by atoms with Gasteiger partial charge in [-0.05, 0) is 48.2 Å². The normalized spacial score (nSPS) is 27.5. The summed E-state index contributed by atoms with van der Waals surface area (Å²) in [5, 5.41) is 0.594. The Hall–Kier alpha value is 0.0400. The third-order valence-electron chi connectivity index (χ3n) is 5.44. The maximum atomic E-state index is 11.7. The largest absolute Gasteiger partial charge is 0.229 e. The third kappa shape index (κ3) is 4.77. The first kappa shape index (κ1) is 18.4. The van der Waals surface area contributed by atoms with Gasteiger partial charge in [0.1, 0.15) is 9.84 Å². The quantitative estimate of drug-likeness (QED) is 0.696. The Morgan fingerprint density at radius 1 is 1.14 bits per heavy atom. The molecule has 0 radical (unpaired) electrons. The van der Waals surface area contributed by atoms with E-state index in [-0.39, 0.29) is 10.8 Å². The average molecular weight is 345 g/mol. The molecule has 0 saturated carbocycles. The fraction of sp³-hybridized carbons (Fsp3) is 0.889. The van der Waals surface area contributed by atoms with Gasteiger partial charge in [-0.3, -0.25) is 0 Å². The van der Waals surface area contributed by atoms with E-state index >= 15 is 0 Å². The van der Waals surface area contributed by atoms with E-state index in [2.05, 4.69) is 52.5 Å². The van der Waals surface area contributed by atoms with E-state index in [9.17, 15) is 8.42 Å². The van der Waals surface area contributed by atoms with Crippen molar-refractivity contribution in [1.82, 2.24) is 0 Å². The number of hydrogen-bond donors (Lipinski definition) is 0. The predicted octanol–water partition coefficient (Wildman–Crippen LogP) is 4.71. The number of hydrogen-bond acceptors (Lipinski definition) is 3. The number of sulfone groups is 1. The number of allylic oxidation sites excluding steroid dienone is 1. The van der Waals surface area contributed by atoms with Gasteiger partial charge >= 0.3 is 0 Å². The van der Waals surface area contributed by atoms with Crippen LogP contribution in [0.15, 0.2) is 11.6 Å². The third-order valence-corrected chi connectivity index (χ3v) is 8.33. The van der Waals surface area contributed by atoms with Crippen molar-refractivity contribution in [3.8, 4) is 0 Å². The molecule has 2 nitrogen and oxygen atoms in total. The van der Waals surface area contributed by atoms with Crippen LogP contribution in [0.4, 0.5) is 0 Å². The minimum absolute atomic E-state index is 0.227. The zero-order chi connectivity index (χ0) is 16.6. The van der Waals surface area contributed by atoms with Crippen LogP contribution in [0, 0.1) is 16.7 Å². The molecule has 1 atom stereocenters. The standard InChI is InChI=1S/C18H32O2S2/c1-17(2,3)15-6-9-21-16(12-15)13-18(4,5)14-7-10-22(19,20)11-8-14/h12,14,16H,6-11,13H2,1-5H3. The highest BCUT2D eigenvalue weighted by atomic mass is 32.2. The Balaban J connectivity index is 2.02. The van der Waals surface area contributed by atoms with Gasteiger partial charge in [-0.15, -0.1) is 0 Å². The highest BCUT2D eigenvalue weighted by Crippen LogP contribution is 2.44. The van der Waals surface area contributed by atoms with Crippen LogP contribution in [-0.2, 0) is 9.84 Å². The summed E-state index contributed by atoms with van der Waals surface area (Å²) >= 11 is 2.08. The summed E-state index contributed by atoms with van der Waals surface area (Å²) in [5.74, 6) is 2.55. The molecule has 4 heteroatoms. The predicted molar refractivity (Wildman–Crippen MR) is 98.2 cm³/mol. The van der Waals surface area contributed by atoms with Gasteiger partial charge in [0.25, 0.3) is 0 Å². The van der Waals surface area contributed by atoms with E-state index in [1.807, 2.05) is 0 Å². The first-order valence-corrected chi connectivity index (χ1v) is 11.4. The van der Waals surface area contributed by atoms with Gasteiger partial charge in [-0.2, -0.15) is 11.8 Å². The van der Waals surface area contributed by atoms with E-state index in [4.69, 9.17) is 0 Å². The van der Waals surface area contributed by atoms with E-state index in [1.165, 1.54) is 18.6 Å². The van der Waals surface area contributed by atoms with Crippen LogP contribution in [0.1, 0.15) is 60.3 Å². The van der Waals surface area contributed by atoms with Gasteiger partial charge in [0.2, 0.25) is 0 Å². The lowest BCUT2D eigenvalue weighted by Gasteiger charge is -2.40. The van der Waals surface area contributed by atoms with Crippen LogP contribution in [0.3, 0.4) is 0 Å². The maximum absolute atomic E-state index is 11.7. The summed E-state index contributed by atoms with van der Waals surface area (Å²) in [4.78, 5) is 0. The summed E-state index contributed by atoms with van der Waals surface area (Å²) in [5.41, 5.74) is 2.10. The lowest BCUT2D eigenvalue weighted by Crippen LogP contribution is -2.35. The molecule has 0 aromatic carbocycles. The lowest BCUT2D eigenvalue weighted by atomic mass is 9.72. The molecule has 2 aliphatic heterocycles. The molecule has 2 aliphatic rings. The molecule has 0 amide bonds. The zero-order valence-corrected chi connectivity index (χ0v) is 16.4. The smallest absolute Gasteiger partial charge is 0.150 e. The van der Waals surface area contributed by atoms with Gasteiger partial charge in [0.15, 0.2) is 0 Å². The van der Waals surface area contributed by atoms with Gasteiger partial charge < -0.3 is 0 Å². The SMILES string of the molecule is CC(C)(C)C1=CC(CC(C)(C)C2CCS(=O)(=O)CC2)SCC1. The molecule has 22 heavy (non-hydrogen) atoms. The highest BCUT2D eigenvalue weighted by molar-refractivity contribution is 8.00. The molecular formula is C18H32O2S2. The monoisotopic (exact) mass is 344 g/mol. The number of rotatable bonds is 3. The van der Waals surface area contributed by atoms with Gasteiger partial charge in [-0.25, -0.2) is 8.42 Å². The molecule has 0 N–H and O–H groups in total. The van der Waals surface area contributed by atoms with Gasteiger partial charge in [0, 0.05) is 5.25 Å². The summed E-state index contributed by atoms with van der Waals surface area (Å²) < 4.78 is 23.3. The molecule has 0 aromatic rings. The Labute approximate surface area is 141 Å². The van der Waals surface area contributed by atoms with Crippen molar-refractivity contribution >= 4 is 21.6 Å². The van der Waals surface area contributed by atoms with Gasteiger partial charge in [-0.1, -0.05) is 46.3 Å². The lowest BCUT2D eigenvalue weighted by molar-refractivity contribution is 0.183. The second-order valence-electron chi connectivity index (χ2n) is 8.72. The Morgan fingerprint density at radius 2 is 1.73 bits per heavy atom. The van der Waals surface area contributed by atoms with Crippen molar-refractivity contribution in [2.45, 2.75) is 65.6 Å².